The molecule has 1 aliphatic rings. The SMILES string of the molecule is CSc1nc(N2CCCCC2)c2cnn(CCNC(=O)c3ccco3)c2n1. The number of hydrogen-bond donors (Lipinski definition) is 1. The van der Waals surface area contributed by atoms with Crippen molar-refractivity contribution in [2.45, 2.75) is 31.0 Å². The quantitative estimate of drug-likeness (QED) is 0.514. The second-order valence-corrected chi connectivity index (χ2v) is 7.19. The molecule has 8 nitrogen and oxygen atoms in total. The van der Waals surface area contributed by atoms with Gasteiger partial charge in [-0.3, -0.25) is 4.79 Å². The fraction of sp³-hybridized carbons (Fsp3) is 0.444. The summed E-state index contributed by atoms with van der Waals surface area (Å²) in [6, 6.07) is 3.33. The molecular weight excluding hydrogens is 364 g/mol. The molecule has 0 atom stereocenters. The molecule has 0 saturated carbocycles. The molecule has 3 aromatic heterocycles. The zero-order chi connectivity index (χ0) is 18.6. The van der Waals surface area contributed by atoms with Gasteiger partial charge in [-0.05, 0) is 37.7 Å². The Bertz CT molecular complexity index is 917. The second-order valence-electron chi connectivity index (χ2n) is 6.42. The van der Waals surface area contributed by atoms with Crippen LogP contribution in [0.4, 0.5) is 5.82 Å². The summed E-state index contributed by atoms with van der Waals surface area (Å²) in [5.74, 6) is 1.04. The molecule has 0 aromatic carbocycles. The number of nitrogens with one attached hydrogen (secondary N) is 1. The van der Waals surface area contributed by atoms with Gasteiger partial charge in [-0.15, -0.1) is 0 Å². The van der Waals surface area contributed by atoms with Gasteiger partial charge in [0.2, 0.25) is 0 Å². The van der Waals surface area contributed by atoms with Gasteiger partial charge in [-0.1, -0.05) is 11.8 Å². The molecule has 1 saturated heterocycles. The number of carbonyl (C=O) groups excluding carboxylic acids is 1. The monoisotopic (exact) mass is 386 g/mol. The van der Waals surface area contributed by atoms with E-state index < -0.39 is 0 Å². The minimum Gasteiger partial charge on any atom is -0.459 e. The van der Waals surface area contributed by atoms with Crippen LogP contribution in [0.2, 0.25) is 0 Å². The lowest BCUT2D eigenvalue weighted by atomic mass is 10.1. The van der Waals surface area contributed by atoms with E-state index in [9.17, 15) is 4.79 Å². The zero-order valence-electron chi connectivity index (χ0n) is 15.2. The first-order chi connectivity index (χ1) is 13.3. The molecule has 0 spiro atoms. The zero-order valence-corrected chi connectivity index (χ0v) is 16.0. The topological polar surface area (TPSA) is 89.1 Å². The Labute approximate surface area is 161 Å². The predicted molar refractivity (Wildman–Crippen MR) is 104 cm³/mol. The molecule has 142 valence electrons. The standard InChI is InChI=1S/C18H22N6O2S/c1-27-18-21-15(23-8-3-2-4-9-23)13-12-20-24(16(13)22-18)10-7-19-17(25)14-6-5-11-26-14/h5-6,11-12H,2-4,7-10H2,1H3,(H,19,25). The van der Waals surface area contributed by atoms with E-state index in [1.54, 1.807) is 12.1 Å². The van der Waals surface area contributed by atoms with E-state index in [2.05, 4.69) is 20.3 Å². The van der Waals surface area contributed by atoms with Gasteiger partial charge in [0, 0.05) is 19.6 Å². The van der Waals surface area contributed by atoms with E-state index in [0.29, 0.717) is 18.8 Å². The smallest absolute Gasteiger partial charge is 0.287 e. The van der Waals surface area contributed by atoms with Crippen molar-refractivity contribution in [1.82, 2.24) is 25.1 Å². The highest BCUT2D eigenvalue weighted by Crippen LogP contribution is 2.28. The first-order valence-corrected chi connectivity index (χ1v) is 10.3. The second kappa shape index (κ2) is 7.99. The van der Waals surface area contributed by atoms with E-state index in [-0.39, 0.29) is 5.91 Å². The molecule has 27 heavy (non-hydrogen) atoms. The maximum atomic E-state index is 12.0. The third-order valence-corrected chi connectivity index (χ3v) is 5.20. The van der Waals surface area contributed by atoms with Crippen LogP contribution in [0.25, 0.3) is 11.0 Å². The van der Waals surface area contributed by atoms with Crippen molar-refractivity contribution in [3.8, 4) is 0 Å². The Morgan fingerprint density at radius 3 is 2.89 bits per heavy atom. The number of fused-ring (bicyclic) bond motifs is 1. The van der Waals surface area contributed by atoms with Crippen molar-refractivity contribution >= 4 is 34.5 Å². The fourth-order valence-electron chi connectivity index (χ4n) is 3.29. The van der Waals surface area contributed by atoms with Crippen LogP contribution in [0.15, 0.2) is 34.2 Å². The summed E-state index contributed by atoms with van der Waals surface area (Å²) in [7, 11) is 0. The number of piperidine rings is 1. The molecule has 1 N–H and O–H groups in total. The summed E-state index contributed by atoms with van der Waals surface area (Å²) < 4.78 is 6.93. The van der Waals surface area contributed by atoms with E-state index in [4.69, 9.17) is 9.40 Å². The lowest BCUT2D eigenvalue weighted by Crippen LogP contribution is -2.30. The highest BCUT2D eigenvalue weighted by Gasteiger charge is 2.19. The molecule has 1 amide bonds. The van der Waals surface area contributed by atoms with E-state index in [0.717, 1.165) is 35.1 Å². The normalized spacial score (nSPS) is 14.6. The van der Waals surface area contributed by atoms with Gasteiger partial charge in [0.25, 0.3) is 5.91 Å². The predicted octanol–water partition coefficient (Wildman–Crippen LogP) is 2.56. The van der Waals surface area contributed by atoms with Crippen LogP contribution < -0.4 is 10.2 Å². The number of carbonyl (C=O) groups is 1. The van der Waals surface area contributed by atoms with Crippen LogP contribution in [0.5, 0.6) is 0 Å². The lowest BCUT2D eigenvalue weighted by molar-refractivity contribution is 0.0924. The first-order valence-electron chi connectivity index (χ1n) is 9.10. The molecule has 4 rings (SSSR count). The number of anilines is 1. The highest BCUT2D eigenvalue weighted by atomic mass is 32.2. The molecule has 0 bridgehead atoms. The molecule has 3 aromatic rings. The fourth-order valence-corrected chi connectivity index (χ4v) is 3.65. The van der Waals surface area contributed by atoms with Crippen LogP contribution in [0.1, 0.15) is 29.8 Å². The largest absolute Gasteiger partial charge is 0.459 e. The first kappa shape index (κ1) is 17.8. The average molecular weight is 386 g/mol. The van der Waals surface area contributed by atoms with Crippen molar-refractivity contribution in [2.24, 2.45) is 0 Å². The lowest BCUT2D eigenvalue weighted by Gasteiger charge is -2.28. The van der Waals surface area contributed by atoms with Crippen molar-refractivity contribution in [1.29, 1.82) is 0 Å². The number of furan rings is 1. The third kappa shape index (κ3) is 3.78. The van der Waals surface area contributed by atoms with Crippen LogP contribution in [-0.4, -0.2) is 51.5 Å². The average Bonchev–Trinajstić information content (AvgIpc) is 3.38. The van der Waals surface area contributed by atoms with Gasteiger partial charge in [0.1, 0.15) is 5.82 Å². The summed E-state index contributed by atoms with van der Waals surface area (Å²) in [5, 5.41) is 9.04. The summed E-state index contributed by atoms with van der Waals surface area (Å²) in [6.45, 7) is 3.00. The Balaban J connectivity index is 1.54. The molecule has 0 unspecified atom stereocenters. The number of nitrogens with zero attached hydrogens (tertiary/aromatic N) is 5. The summed E-state index contributed by atoms with van der Waals surface area (Å²) in [5.41, 5.74) is 0.808. The summed E-state index contributed by atoms with van der Waals surface area (Å²) >= 11 is 1.53. The van der Waals surface area contributed by atoms with Crippen LogP contribution in [0, 0.1) is 0 Å². The van der Waals surface area contributed by atoms with E-state index in [1.807, 2.05) is 17.1 Å². The Hall–Kier alpha value is -2.55. The van der Waals surface area contributed by atoms with Crippen molar-refractivity contribution < 1.29 is 9.21 Å². The van der Waals surface area contributed by atoms with Crippen LogP contribution in [-0.2, 0) is 6.54 Å². The van der Waals surface area contributed by atoms with Crippen molar-refractivity contribution in [3.05, 3.63) is 30.4 Å². The van der Waals surface area contributed by atoms with Crippen molar-refractivity contribution in [3.63, 3.8) is 0 Å². The minimum absolute atomic E-state index is 0.232. The number of aromatic nitrogens is 4. The molecule has 0 aliphatic carbocycles. The molecule has 1 aliphatic heterocycles. The minimum atomic E-state index is -0.232. The summed E-state index contributed by atoms with van der Waals surface area (Å²) in [4.78, 5) is 23.7. The highest BCUT2D eigenvalue weighted by molar-refractivity contribution is 7.98. The molecule has 1 fully saturated rings. The van der Waals surface area contributed by atoms with Gasteiger partial charge in [-0.2, -0.15) is 5.10 Å². The van der Waals surface area contributed by atoms with Crippen molar-refractivity contribution in [2.75, 3.05) is 30.8 Å². The Kier molecular flexibility index (Phi) is 5.28. The van der Waals surface area contributed by atoms with Gasteiger partial charge in [0.15, 0.2) is 16.6 Å². The Morgan fingerprint density at radius 1 is 1.30 bits per heavy atom. The maximum Gasteiger partial charge on any atom is 0.287 e. The molecule has 0 radical (unpaired) electrons. The molecular formula is C18H22N6O2S. The van der Waals surface area contributed by atoms with Gasteiger partial charge < -0.3 is 14.6 Å². The van der Waals surface area contributed by atoms with Crippen LogP contribution in [0.3, 0.4) is 0 Å². The number of amides is 1. The van der Waals surface area contributed by atoms with E-state index >= 15 is 0 Å². The molecule has 4 heterocycles. The van der Waals surface area contributed by atoms with Crippen LogP contribution >= 0.6 is 11.8 Å². The van der Waals surface area contributed by atoms with Gasteiger partial charge in [-0.25, -0.2) is 14.6 Å². The number of hydrogen-bond acceptors (Lipinski definition) is 7. The van der Waals surface area contributed by atoms with Gasteiger partial charge in [0.05, 0.1) is 24.4 Å². The van der Waals surface area contributed by atoms with Gasteiger partial charge >= 0.3 is 0 Å². The number of rotatable bonds is 6. The molecule has 9 heteroatoms. The third-order valence-electron chi connectivity index (χ3n) is 4.65. The summed E-state index contributed by atoms with van der Waals surface area (Å²) in [6.07, 6.45) is 8.94. The van der Waals surface area contributed by atoms with E-state index in [1.165, 1.54) is 37.3 Å². The number of thioether (sulfide) groups is 1. The Morgan fingerprint density at radius 2 is 2.15 bits per heavy atom. The maximum absolute atomic E-state index is 12.0.